The molecule has 0 unspecified atom stereocenters. The zero-order chi connectivity index (χ0) is 24.5. The lowest BCUT2D eigenvalue weighted by Crippen LogP contribution is -2.39. The molecule has 0 fully saturated rings. The van der Waals surface area contributed by atoms with Crippen LogP contribution in [0.4, 0.5) is 5.13 Å². The van der Waals surface area contributed by atoms with E-state index in [0.29, 0.717) is 10.7 Å². The zero-order valence-corrected chi connectivity index (χ0v) is 21.0. The number of aromatic nitrogens is 2. The number of anilines is 1. The number of nitrogens with zero attached hydrogens (tertiary/aromatic N) is 2. The number of benzene rings is 1. The molecule has 0 saturated carbocycles. The molecule has 2 amide bonds. The molecule has 1 aliphatic heterocycles. The maximum Gasteiger partial charge on any atom is 0.253 e. The molecule has 1 aliphatic rings. The van der Waals surface area contributed by atoms with Crippen LogP contribution in [-0.4, -0.2) is 39.1 Å². The van der Waals surface area contributed by atoms with Gasteiger partial charge in [-0.15, -0.1) is 11.3 Å². The molecule has 2 N–H and O–H groups in total. The maximum absolute atomic E-state index is 12.3. The molecule has 0 atom stereocenters. The molecule has 0 bridgehead atoms. The number of hydrogen-bond donors (Lipinski definition) is 2. The lowest BCUT2D eigenvalue weighted by atomic mass is 9.85. The fraction of sp³-hybridized carbons (Fsp3) is 0.346. The molecule has 3 heterocycles. The maximum atomic E-state index is 12.3. The third-order valence-corrected chi connectivity index (χ3v) is 6.22. The fourth-order valence-electron chi connectivity index (χ4n) is 4.30. The second-order valence-corrected chi connectivity index (χ2v) is 10.6. The Bertz CT molecular complexity index is 1250. The van der Waals surface area contributed by atoms with Crippen molar-refractivity contribution < 1.29 is 14.3 Å². The minimum absolute atomic E-state index is 0.125. The van der Waals surface area contributed by atoms with Crippen molar-refractivity contribution >= 4 is 33.9 Å². The molecule has 2 aromatic heterocycles. The van der Waals surface area contributed by atoms with Crippen LogP contribution in [0.2, 0.25) is 0 Å². The number of hydrogen-bond acceptors (Lipinski definition) is 5. The molecule has 7 nitrogen and oxygen atoms in total. The summed E-state index contributed by atoms with van der Waals surface area (Å²) >= 11 is 1.35. The largest absolute Gasteiger partial charge is 0.365 e. The number of ether oxygens (including phenoxy) is 1. The van der Waals surface area contributed by atoms with Gasteiger partial charge in [0.05, 0.1) is 29.0 Å². The van der Waals surface area contributed by atoms with Crippen LogP contribution in [0.1, 0.15) is 50.0 Å². The van der Waals surface area contributed by atoms with Gasteiger partial charge in [0.1, 0.15) is 0 Å². The van der Waals surface area contributed by atoms with Crippen LogP contribution in [0.15, 0.2) is 54.2 Å². The number of amides is 2. The minimum Gasteiger partial charge on any atom is -0.365 e. The SMILES string of the molecule is Cn1ccc(C(=O)NCC(=O)Nc2nc(-c3cccc(C4=CC(C)(C)OC(C)(C)C4)c3)cs2)c1. The Morgan fingerprint density at radius 3 is 2.65 bits per heavy atom. The van der Waals surface area contributed by atoms with Gasteiger partial charge in [-0.3, -0.25) is 9.59 Å². The average Bonchev–Trinajstić information content (AvgIpc) is 3.39. The third-order valence-electron chi connectivity index (χ3n) is 5.46. The first-order chi connectivity index (χ1) is 16.0. The van der Waals surface area contributed by atoms with E-state index in [1.165, 1.54) is 16.9 Å². The van der Waals surface area contributed by atoms with Crippen LogP contribution in [0.25, 0.3) is 16.8 Å². The number of rotatable bonds is 6. The second kappa shape index (κ2) is 9.19. The molecule has 0 spiro atoms. The van der Waals surface area contributed by atoms with E-state index in [9.17, 15) is 9.59 Å². The highest BCUT2D eigenvalue weighted by molar-refractivity contribution is 7.14. The molecular weight excluding hydrogens is 448 g/mol. The predicted octanol–water partition coefficient (Wildman–Crippen LogP) is 4.88. The van der Waals surface area contributed by atoms with Crippen molar-refractivity contribution in [3.63, 3.8) is 0 Å². The summed E-state index contributed by atoms with van der Waals surface area (Å²) in [4.78, 5) is 29.0. The Morgan fingerprint density at radius 1 is 1.18 bits per heavy atom. The smallest absolute Gasteiger partial charge is 0.253 e. The fourth-order valence-corrected chi connectivity index (χ4v) is 5.03. The first-order valence-electron chi connectivity index (χ1n) is 11.2. The van der Waals surface area contributed by atoms with Crippen LogP contribution in [-0.2, 0) is 16.6 Å². The van der Waals surface area contributed by atoms with Gasteiger partial charge in [-0.2, -0.15) is 0 Å². The minimum atomic E-state index is -0.332. The van der Waals surface area contributed by atoms with Gasteiger partial charge >= 0.3 is 0 Å². The Kier molecular flexibility index (Phi) is 6.47. The second-order valence-electron chi connectivity index (χ2n) is 9.73. The standard InChI is InChI=1S/C26H30N4O3S/c1-25(2)12-20(13-26(3,4)33-25)17-7-6-8-18(11-17)21-16-34-24(28-21)29-22(31)14-27-23(32)19-9-10-30(5)15-19/h6-12,15-16H,13-14H2,1-5H3,(H,27,32)(H,28,29,31). The van der Waals surface area contributed by atoms with Crippen molar-refractivity contribution in [1.82, 2.24) is 14.9 Å². The summed E-state index contributed by atoms with van der Waals surface area (Å²) in [5.74, 6) is -0.614. The summed E-state index contributed by atoms with van der Waals surface area (Å²) in [6.07, 6.45) is 6.50. The lowest BCUT2D eigenvalue weighted by Gasteiger charge is -2.40. The van der Waals surface area contributed by atoms with Crippen LogP contribution in [0.3, 0.4) is 0 Å². The molecule has 0 aliphatic carbocycles. The van der Waals surface area contributed by atoms with E-state index in [0.717, 1.165) is 23.2 Å². The first-order valence-corrected chi connectivity index (χ1v) is 12.1. The van der Waals surface area contributed by atoms with Crippen molar-refractivity contribution in [2.24, 2.45) is 7.05 Å². The van der Waals surface area contributed by atoms with E-state index < -0.39 is 0 Å². The van der Waals surface area contributed by atoms with Crippen molar-refractivity contribution in [1.29, 1.82) is 0 Å². The highest BCUT2D eigenvalue weighted by Gasteiger charge is 2.34. The molecule has 0 saturated heterocycles. The van der Waals surface area contributed by atoms with Gasteiger partial charge < -0.3 is 19.9 Å². The summed E-state index contributed by atoms with van der Waals surface area (Å²) in [7, 11) is 1.83. The third kappa shape index (κ3) is 5.81. The Morgan fingerprint density at radius 2 is 1.94 bits per heavy atom. The van der Waals surface area contributed by atoms with Crippen LogP contribution < -0.4 is 10.6 Å². The quantitative estimate of drug-likeness (QED) is 0.529. The number of aryl methyl sites for hydroxylation is 1. The van der Waals surface area contributed by atoms with Crippen molar-refractivity contribution in [3.8, 4) is 11.3 Å². The summed E-state index contributed by atoms with van der Waals surface area (Å²) in [5, 5.41) is 7.80. The topological polar surface area (TPSA) is 85.3 Å². The van der Waals surface area contributed by atoms with Crippen LogP contribution >= 0.6 is 11.3 Å². The Balaban J connectivity index is 1.42. The van der Waals surface area contributed by atoms with E-state index in [1.807, 2.05) is 24.6 Å². The van der Waals surface area contributed by atoms with Crippen molar-refractivity contribution in [2.75, 3.05) is 11.9 Å². The Labute approximate surface area is 203 Å². The normalized spacial score (nSPS) is 16.6. The van der Waals surface area contributed by atoms with Gasteiger partial charge in [-0.05, 0) is 57.0 Å². The Hall–Kier alpha value is -3.23. The van der Waals surface area contributed by atoms with Gasteiger partial charge in [0.25, 0.3) is 5.91 Å². The number of nitrogens with one attached hydrogen (secondary N) is 2. The van der Waals surface area contributed by atoms with Gasteiger partial charge in [-0.1, -0.05) is 18.2 Å². The summed E-state index contributed by atoms with van der Waals surface area (Å²) < 4.78 is 7.95. The molecule has 1 aromatic carbocycles. The molecule has 8 heteroatoms. The lowest BCUT2D eigenvalue weighted by molar-refractivity contribution is -0.115. The molecule has 4 rings (SSSR count). The first kappa shape index (κ1) is 23.9. The van der Waals surface area contributed by atoms with Gasteiger partial charge in [-0.25, -0.2) is 4.98 Å². The van der Waals surface area contributed by atoms with E-state index in [-0.39, 0.29) is 29.6 Å². The highest BCUT2D eigenvalue weighted by atomic mass is 32.1. The number of carbonyl (C=O) groups excluding carboxylic acids is 2. The van der Waals surface area contributed by atoms with E-state index in [2.05, 4.69) is 61.5 Å². The number of thiazole rings is 1. The molecule has 34 heavy (non-hydrogen) atoms. The molecule has 0 radical (unpaired) electrons. The van der Waals surface area contributed by atoms with E-state index in [4.69, 9.17) is 4.74 Å². The number of carbonyl (C=O) groups is 2. The van der Waals surface area contributed by atoms with Gasteiger partial charge in [0, 0.05) is 36.8 Å². The molecule has 178 valence electrons. The average molecular weight is 479 g/mol. The van der Waals surface area contributed by atoms with Crippen molar-refractivity contribution in [2.45, 2.75) is 45.3 Å². The molecule has 3 aromatic rings. The van der Waals surface area contributed by atoms with E-state index >= 15 is 0 Å². The van der Waals surface area contributed by atoms with E-state index in [1.54, 1.807) is 23.0 Å². The van der Waals surface area contributed by atoms with Crippen LogP contribution in [0, 0.1) is 0 Å². The predicted molar refractivity (Wildman–Crippen MR) is 136 cm³/mol. The highest BCUT2D eigenvalue weighted by Crippen LogP contribution is 2.39. The van der Waals surface area contributed by atoms with Crippen LogP contribution in [0.5, 0.6) is 0 Å². The van der Waals surface area contributed by atoms with Gasteiger partial charge in [0.2, 0.25) is 5.91 Å². The summed E-state index contributed by atoms with van der Waals surface area (Å²) in [5.41, 5.74) is 4.11. The zero-order valence-electron chi connectivity index (χ0n) is 20.1. The monoisotopic (exact) mass is 478 g/mol. The van der Waals surface area contributed by atoms with Gasteiger partial charge in [0.15, 0.2) is 5.13 Å². The summed E-state index contributed by atoms with van der Waals surface area (Å²) in [6.45, 7) is 8.26. The van der Waals surface area contributed by atoms with Crippen molar-refractivity contribution in [3.05, 3.63) is 65.3 Å². The molecular formula is C26H30N4O3S. The summed E-state index contributed by atoms with van der Waals surface area (Å²) in [6, 6.07) is 9.98.